The van der Waals surface area contributed by atoms with E-state index in [2.05, 4.69) is 10.3 Å². The van der Waals surface area contributed by atoms with Gasteiger partial charge in [0.25, 0.3) is 5.91 Å². The third-order valence-corrected chi connectivity index (χ3v) is 7.50. The summed E-state index contributed by atoms with van der Waals surface area (Å²) in [6.45, 7) is 2.92. The first-order valence-corrected chi connectivity index (χ1v) is 13.1. The van der Waals surface area contributed by atoms with Gasteiger partial charge in [-0.25, -0.2) is 28.1 Å². The van der Waals surface area contributed by atoms with Gasteiger partial charge in [-0.05, 0) is 43.7 Å². The van der Waals surface area contributed by atoms with Gasteiger partial charge in [0.1, 0.15) is 23.3 Å². The van der Waals surface area contributed by atoms with E-state index in [9.17, 15) is 13.6 Å². The van der Waals surface area contributed by atoms with Gasteiger partial charge in [-0.2, -0.15) is 0 Å². The summed E-state index contributed by atoms with van der Waals surface area (Å²) in [4.78, 5) is 31.2. The Hall–Kier alpha value is -3.47. The first-order valence-electron chi connectivity index (χ1n) is 13.1. The topological polar surface area (TPSA) is 83.5 Å². The second kappa shape index (κ2) is 10.4. The maximum absolute atomic E-state index is 15.2. The number of ether oxygens (including phenoxy) is 1. The number of morpholine rings is 1. The number of anilines is 2. The third kappa shape index (κ3) is 4.99. The molecule has 0 bridgehead atoms. The lowest BCUT2D eigenvalue weighted by Crippen LogP contribution is -2.41. The number of carbonyl (C=O) groups excluding carboxylic acids is 1. The minimum Gasteiger partial charge on any atom is -0.378 e. The van der Waals surface area contributed by atoms with Crippen molar-refractivity contribution in [2.24, 2.45) is 5.92 Å². The van der Waals surface area contributed by atoms with Crippen molar-refractivity contribution in [3.05, 3.63) is 53.4 Å². The molecule has 2 aromatic heterocycles. The number of hydrogen-bond donors (Lipinski definition) is 1. The molecule has 3 aliphatic rings. The molecule has 8 nitrogen and oxygen atoms in total. The van der Waals surface area contributed by atoms with Crippen LogP contribution in [0.3, 0.4) is 0 Å². The minimum absolute atomic E-state index is 0.108. The SMILES string of the molecule is O=C(c1nccc2nc(NC3CC3)c(N3CCC([C@H](F)c4ccc(F)cc4F)CC3)nc12)N1CCOCC1. The van der Waals surface area contributed by atoms with Crippen LogP contribution < -0.4 is 10.2 Å². The number of aromatic nitrogens is 3. The Kier molecular flexibility index (Phi) is 6.77. The van der Waals surface area contributed by atoms with Gasteiger partial charge in [0.15, 0.2) is 17.3 Å². The number of halogens is 3. The van der Waals surface area contributed by atoms with E-state index < -0.39 is 23.7 Å². The molecule has 3 aromatic rings. The van der Waals surface area contributed by atoms with Crippen molar-refractivity contribution in [2.45, 2.75) is 37.9 Å². The number of amides is 1. The van der Waals surface area contributed by atoms with Crippen molar-refractivity contribution >= 4 is 28.6 Å². The average molecular weight is 527 g/mol. The highest BCUT2D eigenvalue weighted by atomic mass is 19.1. The third-order valence-electron chi connectivity index (χ3n) is 7.50. The number of alkyl halides is 1. The summed E-state index contributed by atoms with van der Waals surface area (Å²) in [6.07, 6.45) is 3.08. The molecule has 3 fully saturated rings. The Morgan fingerprint density at radius 1 is 1.03 bits per heavy atom. The van der Waals surface area contributed by atoms with E-state index in [1.54, 1.807) is 17.2 Å². The van der Waals surface area contributed by atoms with Crippen LogP contribution in [0.5, 0.6) is 0 Å². The fourth-order valence-corrected chi connectivity index (χ4v) is 5.17. The predicted molar refractivity (Wildman–Crippen MR) is 136 cm³/mol. The first kappa shape index (κ1) is 24.8. The molecule has 1 atom stereocenters. The second-order valence-corrected chi connectivity index (χ2v) is 10.1. The first-order chi connectivity index (χ1) is 18.5. The van der Waals surface area contributed by atoms with Crippen molar-refractivity contribution in [1.29, 1.82) is 0 Å². The highest BCUT2D eigenvalue weighted by Crippen LogP contribution is 2.38. The van der Waals surface area contributed by atoms with Crippen molar-refractivity contribution in [3.63, 3.8) is 0 Å². The van der Waals surface area contributed by atoms with Gasteiger partial charge < -0.3 is 19.9 Å². The highest BCUT2D eigenvalue weighted by Gasteiger charge is 2.33. The molecule has 6 rings (SSSR count). The van der Waals surface area contributed by atoms with E-state index in [0.717, 1.165) is 25.0 Å². The number of fused-ring (bicyclic) bond motifs is 1. The van der Waals surface area contributed by atoms with E-state index in [0.29, 0.717) is 80.9 Å². The number of piperidine rings is 1. The molecule has 1 N–H and O–H groups in total. The van der Waals surface area contributed by atoms with Crippen LogP contribution in [0.1, 0.15) is 47.9 Å². The van der Waals surface area contributed by atoms with Crippen LogP contribution in [0.15, 0.2) is 30.5 Å². The summed E-state index contributed by atoms with van der Waals surface area (Å²) >= 11 is 0. The summed E-state index contributed by atoms with van der Waals surface area (Å²) in [5.41, 5.74) is 1.15. The summed E-state index contributed by atoms with van der Waals surface area (Å²) in [7, 11) is 0. The second-order valence-electron chi connectivity index (χ2n) is 10.1. The Labute approximate surface area is 218 Å². The number of nitrogens with one attached hydrogen (secondary N) is 1. The van der Waals surface area contributed by atoms with Crippen LogP contribution in [-0.2, 0) is 4.74 Å². The van der Waals surface area contributed by atoms with Crippen molar-refractivity contribution in [3.8, 4) is 0 Å². The van der Waals surface area contributed by atoms with Gasteiger partial charge in [0.05, 0.1) is 18.7 Å². The van der Waals surface area contributed by atoms with Gasteiger partial charge in [-0.1, -0.05) is 6.07 Å². The quantitative estimate of drug-likeness (QED) is 0.514. The van der Waals surface area contributed by atoms with Crippen LogP contribution in [0.2, 0.25) is 0 Å². The lowest BCUT2D eigenvalue weighted by Gasteiger charge is -2.35. The zero-order valence-corrected chi connectivity index (χ0v) is 20.9. The molecule has 1 amide bonds. The average Bonchev–Trinajstić information content (AvgIpc) is 3.76. The molecule has 200 valence electrons. The molecule has 0 radical (unpaired) electrons. The maximum Gasteiger partial charge on any atom is 0.274 e. The van der Waals surface area contributed by atoms with Gasteiger partial charge >= 0.3 is 0 Å². The van der Waals surface area contributed by atoms with E-state index in [1.165, 1.54) is 6.07 Å². The van der Waals surface area contributed by atoms with Gasteiger partial charge in [-0.15, -0.1) is 0 Å². The van der Waals surface area contributed by atoms with E-state index in [-0.39, 0.29) is 17.2 Å². The van der Waals surface area contributed by atoms with Gasteiger partial charge in [0, 0.05) is 50.0 Å². The number of pyridine rings is 1. The zero-order chi connectivity index (χ0) is 26.2. The monoisotopic (exact) mass is 526 g/mol. The molecular formula is C27H29F3N6O2. The van der Waals surface area contributed by atoms with Gasteiger partial charge in [0.2, 0.25) is 0 Å². The van der Waals surface area contributed by atoms with Crippen LogP contribution in [0, 0.1) is 17.6 Å². The zero-order valence-electron chi connectivity index (χ0n) is 20.9. The van der Waals surface area contributed by atoms with Crippen molar-refractivity contribution in [1.82, 2.24) is 19.9 Å². The largest absolute Gasteiger partial charge is 0.378 e. The molecule has 2 aliphatic heterocycles. The standard InChI is InChI=1S/C27H29F3N6O2/c28-17-1-4-19(20(29)15-17)22(30)16-6-9-35(10-7-16)26-25(32-18-2-3-18)33-21-5-8-31-24(23(21)34-26)27(37)36-11-13-38-14-12-36/h1,4-5,8,15-16,18,22H,2-3,6-7,9-14H2,(H,32,33)/t22-/m0/s1. The Morgan fingerprint density at radius 3 is 2.50 bits per heavy atom. The normalized spacial score (nSPS) is 19.6. The molecule has 38 heavy (non-hydrogen) atoms. The van der Waals surface area contributed by atoms with E-state index >= 15 is 4.39 Å². The fraction of sp³-hybridized carbons (Fsp3) is 0.481. The number of nitrogens with zero attached hydrogens (tertiary/aromatic N) is 5. The molecule has 1 aromatic carbocycles. The van der Waals surface area contributed by atoms with Crippen molar-refractivity contribution in [2.75, 3.05) is 49.6 Å². The number of hydrogen-bond acceptors (Lipinski definition) is 7. The maximum atomic E-state index is 15.2. The molecule has 0 unspecified atom stereocenters. The van der Waals surface area contributed by atoms with Gasteiger partial charge in [-0.3, -0.25) is 4.79 Å². The summed E-state index contributed by atoms with van der Waals surface area (Å²) in [6, 6.07) is 5.07. The van der Waals surface area contributed by atoms with Crippen LogP contribution in [-0.4, -0.2) is 71.2 Å². The van der Waals surface area contributed by atoms with Crippen molar-refractivity contribution < 1.29 is 22.7 Å². The predicted octanol–water partition coefficient (Wildman–Crippen LogP) is 4.28. The minimum atomic E-state index is -1.52. The highest BCUT2D eigenvalue weighted by molar-refractivity contribution is 6.03. The van der Waals surface area contributed by atoms with Crippen LogP contribution in [0.25, 0.3) is 11.0 Å². The molecule has 4 heterocycles. The van der Waals surface area contributed by atoms with E-state index in [1.807, 2.05) is 4.90 Å². The lowest BCUT2D eigenvalue weighted by atomic mass is 9.88. The summed E-state index contributed by atoms with van der Waals surface area (Å²) in [5.74, 6) is -0.950. The lowest BCUT2D eigenvalue weighted by molar-refractivity contribution is 0.0300. The molecular weight excluding hydrogens is 497 g/mol. The Bertz CT molecular complexity index is 1340. The van der Waals surface area contributed by atoms with Crippen LogP contribution >= 0.6 is 0 Å². The summed E-state index contributed by atoms with van der Waals surface area (Å²) in [5, 5.41) is 3.45. The number of carbonyl (C=O) groups is 1. The number of benzene rings is 1. The smallest absolute Gasteiger partial charge is 0.274 e. The summed E-state index contributed by atoms with van der Waals surface area (Å²) < 4.78 is 48.1. The molecule has 1 aliphatic carbocycles. The number of rotatable bonds is 6. The van der Waals surface area contributed by atoms with Crippen LogP contribution in [0.4, 0.5) is 24.8 Å². The molecule has 1 saturated carbocycles. The van der Waals surface area contributed by atoms with E-state index in [4.69, 9.17) is 14.7 Å². The molecule has 2 saturated heterocycles. The molecule has 0 spiro atoms. The Morgan fingerprint density at radius 2 is 1.79 bits per heavy atom. The Balaban J connectivity index is 1.27. The molecule has 11 heteroatoms. The fourth-order valence-electron chi connectivity index (χ4n) is 5.17.